The number of hydrogen-bond acceptors (Lipinski definition) is 3. The minimum absolute atomic E-state index is 0. The highest BCUT2D eigenvalue weighted by Gasteiger charge is 2.19. The van der Waals surface area contributed by atoms with Gasteiger partial charge < -0.3 is 10.0 Å². The van der Waals surface area contributed by atoms with Gasteiger partial charge in [-0.05, 0) is 13.3 Å². The lowest BCUT2D eigenvalue weighted by atomic mass is 10.2. The number of aliphatic hydroxyl groups excluding tert-OH is 1. The van der Waals surface area contributed by atoms with E-state index in [-0.39, 0.29) is 23.6 Å². The van der Waals surface area contributed by atoms with E-state index in [1.54, 1.807) is 0 Å². The van der Waals surface area contributed by atoms with Crippen LogP contribution in [0.15, 0.2) is 10.6 Å². The van der Waals surface area contributed by atoms with Gasteiger partial charge in [0.1, 0.15) is 0 Å². The Labute approximate surface area is 95.2 Å². The fraction of sp³-hybridized carbons (Fsp3) is 0.778. The van der Waals surface area contributed by atoms with Gasteiger partial charge in [0.2, 0.25) is 0 Å². The molecule has 1 rings (SSSR count). The van der Waals surface area contributed by atoms with E-state index in [0.717, 1.165) is 25.3 Å². The molecule has 1 N–H and O–H groups in total. The monoisotopic (exact) mass is 267 g/mol. The quantitative estimate of drug-likeness (QED) is 0.847. The van der Waals surface area contributed by atoms with Crippen molar-refractivity contribution in [3.05, 3.63) is 10.6 Å². The van der Waals surface area contributed by atoms with Crippen LogP contribution in [0.1, 0.15) is 26.7 Å². The lowest BCUT2D eigenvalue weighted by molar-refractivity contribution is 0.300. The van der Waals surface area contributed by atoms with E-state index < -0.39 is 0 Å². The number of halogens is 1. The van der Waals surface area contributed by atoms with E-state index >= 15 is 0 Å². The van der Waals surface area contributed by atoms with Gasteiger partial charge in [-0.2, -0.15) is 0 Å². The molecule has 1 aliphatic rings. The first kappa shape index (κ1) is 13.3. The summed E-state index contributed by atoms with van der Waals surface area (Å²) in [4.78, 5) is 3.78. The maximum atomic E-state index is 8.83. The number of hydrogen-bond donors (Lipinski definition) is 1. The molecular formula is C9H18BrNOS. The molecule has 4 heteroatoms. The second kappa shape index (κ2) is 6.74. The number of rotatable bonds is 4. The summed E-state index contributed by atoms with van der Waals surface area (Å²) < 4.78 is 0. The lowest BCUT2D eigenvalue weighted by Crippen LogP contribution is -2.17. The molecule has 0 bridgehead atoms. The molecule has 0 aromatic heterocycles. The highest BCUT2D eigenvalue weighted by atomic mass is 79.9. The second-order valence-corrected chi connectivity index (χ2v) is 3.87. The summed E-state index contributed by atoms with van der Waals surface area (Å²) in [5, 5.41) is 8.83. The van der Waals surface area contributed by atoms with Crippen molar-refractivity contribution in [1.29, 1.82) is 0 Å². The van der Waals surface area contributed by atoms with E-state index in [0.29, 0.717) is 0 Å². The van der Waals surface area contributed by atoms with Crippen LogP contribution < -0.4 is 0 Å². The van der Waals surface area contributed by atoms with Crippen molar-refractivity contribution in [2.24, 2.45) is 0 Å². The van der Waals surface area contributed by atoms with Gasteiger partial charge in [-0.3, -0.25) is 0 Å². The van der Waals surface area contributed by atoms with E-state index in [9.17, 15) is 0 Å². The molecule has 0 fully saturated rings. The summed E-state index contributed by atoms with van der Waals surface area (Å²) in [5.74, 6) is 1.08. The molecule has 0 radical (unpaired) electrons. The Balaban J connectivity index is 0.00000144. The summed E-state index contributed by atoms with van der Waals surface area (Å²) in [6.45, 7) is 5.73. The first-order valence-corrected chi connectivity index (χ1v) is 5.52. The van der Waals surface area contributed by atoms with Crippen LogP contribution in [0.3, 0.4) is 0 Å². The van der Waals surface area contributed by atoms with Crippen LogP contribution in [0.2, 0.25) is 0 Å². The predicted octanol–water partition coefficient (Wildman–Crippen LogP) is 2.59. The minimum atomic E-state index is 0. The Morgan fingerprint density at radius 1 is 1.46 bits per heavy atom. The molecule has 0 amide bonds. The van der Waals surface area contributed by atoms with Crippen molar-refractivity contribution >= 4 is 28.7 Å². The van der Waals surface area contributed by atoms with Gasteiger partial charge in [0.05, 0.1) is 5.88 Å². The molecular weight excluding hydrogens is 250 g/mol. The largest absolute Gasteiger partial charge is 0.396 e. The summed E-state index contributed by atoms with van der Waals surface area (Å²) in [6, 6.07) is 0. The van der Waals surface area contributed by atoms with E-state index in [2.05, 4.69) is 18.7 Å². The molecule has 0 aromatic rings. The molecule has 2 nitrogen and oxygen atoms in total. The molecule has 0 saturated heterocycles. The molecule has 0 atom stereocenters. The van der Waals surface area contributed by atoms with Crippen LogP contribution >= 0.6 is 28.7 Å². The van der Waals surface area contributed by atoms with Gasteiger partial charge in [0, 0.05) is 30.2 Å². The Hall–Kier alpha value is 0.330. The SMILES string of the molecule is Br.CCC1=C(CCO)SCN1CC. The molecule has 1 aliphatic heterocycles. The van der Waals surface area contributed by atoms with Gasteiger partial charge in [-0.15, -0.1) is 28.7 Å². The second-order valence-electron chi connectivity index (χ2n) is 2.83. The summed E-state index contributed by atoms with van der Waals surface area (Å²) in [6.07, 6.45) is 1.93. The zero-order valence-corrected chi connectivity index (χ0v) is 10.8. The first-order valence-electron chi connectivity index (χ1n) is 4.54. The Bertz CT molecular complexity index is 184. The number of aliphatic hydroxyl groups is 1. The number of thioether (sulfide) groups is 1. The summed E-state index contributed by atoms with van der Waals surface area (Å²) in [7, 11) is 0. The lowest BCUT2D eigenvalue weighted by Gasteiger charge is -2.18. The van der Waals surface area contributed by atoms with Gasteiger partial charge in [-0.1, -0.05) is 6.92 Å². The normalized spacial score (nSPS) is 16.4. The van der Waals surface area contributed by atoms with Gasteiger partial charge in [0.25, 0.3) is 0 Å². The third kappa shape index (κ3) is 3.18. The highest BCUT2D eigenvalue weighted by Crippen LogP contribution is 2.35. The fourth-order valence-electron chi connectivity index (χ4n) is 1.51. The van der Waals surface area contributed by atoms with Crippen molar-refractivity contribution < 1.29 is 5.11 Å². The predicted molar refractivity (Wildman–Crippen MR) is 64.2 cm³/mol. The van der Waals surface area contributed by atoms with Crippen molar-refractivity contribution in [1.82, 2.24) is 4.90 Å². The van der Waals surface area contributed by atoms with Gasteiger partial charge in [-0.25, -0.2) is 0 Å². The van der Waals surface area contributed by atoms with Crippen molar-refractivity contribution in [3.8, 4) is 0 Å². The van der Waals surface area contributed by atoms with Crippen LogP contribution in [0, 0.1) is 0 Å². The average Bonchev–Trinajstić information content (AvgIpc) is 2.47. The Morgan fingerprint density at radius 2 is 2.15 bits per heavy atom. The Morgan fingerprint density at radius 3 is 2.62 bits per heavy atom. The molecule has 0 unspecified atom stereocenters. The number of nitrogens with zero attached hydrogens (tertiary/aromatic N) is 1. The fourth-order valence-corrected chi connectivity index (χ4v) is 2.84. The molecule has 0 spiro atoms. The maximum absolute atomic E-state index is 8.83. The third-order valence-corrected chi connectivity index (χ3v) is 3.38. The Kier molecular flexibility index (Phi) is 6.91. The van der Waals surface area contributed by atoms with Crippen LogP contribution in [-0.4, -0.2) is 29.0 Å². The highest BCUT2D eigenvalue weighted by molar-refractivity contribution is 8.93. The average molecular weight is 268 g/mol. The molecule has 0 aliphatic carbocycles. The molecule has 0 aromatic carbocycles. The minimum Gasteiger partial charge on any atom is -0.396 e. The van der Waals surface area contributed by atoms with E-state index in [4.69, 9.17) is 5.11 Å². The van der Waals surface area contributed by atoms with Crippen LogP contribution in [0.25, 0.3) is 0 Å². The van der Waals surface area contributed by atoms with E-state index in [1.807, 2.05) is 11.8 Å². The van der Waals surface area contributed by atoms with Crippen LogP contribution in [-0.2, 0) is 0 Å². The van der Waals surface area contributed by atoms with E-state index in [1.165, 1.54) is 10.6 Å². The zero-order valence-electron chi connectivity index (χ0n) is 8.25. The van der Waals surface area contributed by atoms with Crippen molar-refractivity contribution in [3.63, 3.8) is 0 Å². The van der Waals surface area contributed by atoms with Gasteiger partial charge in [0.15, 0.2) is 0 Å². The molecule has 78 valence electrons. The summed E-state index contributed by atoms with van der Waals surface area (Å²) >= 11 is 1.88. The zero-order chi connectivity index (χ0) is 8.97. The van der Waals surface area contributed by atoms with Crippen LogP contribution in [0.5, 0.6) is 0 Å². The first-order chi connectivity index (χ1) is 5.83. The molecule has 1 heterocycles. The number of allylic oxidation sites excluding steroid dienone is 1. The maximum Gasteiger partial charge on any atom is 0.0680 e. The van der Waals surface area contributed by atoms with Crippen molar-refractivity contribution in [2.45, 2.75) is 26.7 Å². The molecule has 0 saturated carbocycles. The topological polar surface area (TPSA) is 23.5 Å². The smallest absolute Gasteiger partial charge is 0.0680 e. The standard InChI is InChI=1S/C9H17NOS.BrH/c1-3-8-9(5-6-11)12-7-10(8)4-2;/h11H,3-7H2,1-2H3;1H. The van der Waals surface area contributed by atoms with Crippen molar-refractivity contribution in [2.75, 3.05) is 19.0 Å². The van der Waals surface area contributed by atoms with Gasteiger partial charge >= 0.3 is 0 Å². The third-order valence-electron chi connectivity index (χ3n) is 2.15. The molecule has 13 heavy (non-hydrogen) atoms. The summed E-state index contributed by atoms with van der Waals surface area (Å²) in [5.41, 5.74) is 1.44. The van der Waals surface area contributed by atoms with Crippen LogP contribution in [0.4, 0.5) is 0 Å².